The monoisotopic (exact) mass is 190 g/mol. The highest BCUT2D eigenvalue weighted by atomic mass is 16.5. The molecule has 1 rings (SSSR count). The minimum Gasteiger partial charge on any atom is -0.371 e. The van der Waals surface area contributed by atoms with Crippen LogP contribution in [0.1, 0.15) is 19.4 Å². The van der Waals surface area contributed by atoms with E-state index in [1.54, 1.807) is 6.08 Å². The summed E-state index contributed by atoms with van der Waals surface area (Å²) in [5.74, 6) is 0. The molecular formula is C13H18O. The van der Waals surface area contributed by atoms with Gasteiger partial charge in [-0.05, 0) is 19.4 Å². The second-order valence-electron chi connectivity index (χ2n) is 4.02. The van der Waals surface area contributed by atoms with E-state index in [1.807, 2.05) is 6.07 Å². The molecule has 76 valence electrons. The maximum Gasteiger partial charge on any atom is 0.0670 e. The normalized spacial score (nSPS) is 11.3. The molecule has 0 saturated carbocycles. The first kappa shape index (κ1) is 11.0. The van der Waals surface area contributed by atoms with Crippen molar-refractivity contribution in [1.29, 1.82) is 0 Å². The van der Waals surface area contributed by atoms with Crippen molar-refractivity contribution >= 4 is 0 Å². The molecule has 0 bridgehead atoms. The maximum atomic E-state index is 5.66. The van der Waals surface area contributed by atoms with Crippen molar-refractivity contribution in [2.45, 2.75) is 25.9 Å². The minimum atomic E-state index is -0.116. The van der Waals surface area contributed by atoms with Gasteiger partial charge in [0, 0.05) is 6.42 Å². The van der Waals surface area contributed by atoms with Gasteiger partial charge in [0.25, 0.3) is 0 Å². The Morgan fingerprint density at radius 3 is 2.50 bits per heavy atom. The fraction of sp³-hybridized carbons (Fsp3) is 0.385. The molecule has 0 amide bonds. The van der Waals surface area contributed by atoms with Gasteiger partial charge in [0.05, 0.1) is 12.2 Å². The van der Waals surface area contributed by atoms with E-state index in [0.717, 1.165) is 6.42 Å². The highest BCUT2D eigenvalue weighted by molar-refractivity contribution is 5.16. The molecule has 0 heterocycles. The molecule has 0 aliphatic heterocycles. The summed E-state index contributed by atoms with van der Waals surface area (Å²) >= 11 is 0. The summed E-state index contributed by atoms with van der Waals surface area (Å²) in [5, 5.41) is 0. The van der Waals surface area contributed by atoms with Crippen molar-refractivity contribution in [2.24, 2.45) is 0 Å². The zero-order valence-electron chi connectivity index (χ0n) is 8.99. The van der Waals surface area contributed by atoms with Crippen LogP contribution in [0, 0.1) is 0 Å². The molecule has 0 atom stereocenters. The number of rotatable bonds is 5. The van der Waals surface area contributed by atoms with Crippen LogP contribution in [0.2, 0.25) is 0 Å². The Morgan fingerprint density at radius 2 is 1.93 bits per heavy atom. The van der Waals surface area contributed by atoms with E-state index in [4.69, 9.17) is 4.74 Å². The Labute approximate surface area is 86.4 Å². The lowest BCUT2D eigenvalue weighted by molar-refractivity contribution is -0.000121. The van der Waals surface area contributed by atoms with Crippen LogP contribution in [0.15, 0.2) is 43.0 Å². The Bertz CT molecular complexity index is 275. The molecule has 1 nitrogen and oxygen atoms in total. The van der Waals surface area contributed by atoms with Gasteiger partial charge in [-0.2, -0.15) is 0 Å². The van der Waals surface area contributed by atoms with Gasteiger partial charge < -0.3 is 4.74 Å². The van der Waals surface area contributed by atoms with Crippen LogP contribution < -0.4 is 0 Å². The summed E-state index contributed by atoms with van der Waals surface area (Å²) in [7, 11) is 0. The molecule has 0 spiro atoms. The second kappa shape index (κ2) is 4.97. The van der Waals surface area contributed by atoms with Gasteiger partial charge in [0.1, 0.15) is 0 Å². The van der Waals surface area contributed by atoms with Gasteiger partial charge in [-0.25, -0.2) is 0 Å². The highest BCUT2D eigenvalue weighted by Crippen LogP contribution is 2.16. The predicted molar refractivity (Wildman–Crippen MR) is 60.4 cm³/mol. The van der Waals surface area contributed by atoms with Gasteiger partial charge in [-0.1, -0.05) is 36.4 Å². The summed E-state index contributed by atoms with van der Waals surface area (Å²) in [6, 6.07) is 10.4. The van der Waals surface area contributed by atoms with E-state index < -0.39 is 0 Å². The third-order valence-electron chi connectivity index (χ3n) is 2.06. The first-order valence-corrected chi connectivity index (χ1v) is 4.93. The Hall–Kier alpha value is -1.08. The molecule has 1 heteroatoms. The first-order valence-electron chi connectivity index (χ1n) is 4.93. The van der Waals surface area contributed by atoms with Crippen LogP contribution in [-0.2, 0) is 11.2 Å². The van der Waals surface area contributed by atoms with E-state index in [0.29, 0.717) is 6.61 Å². The smallest absolute Gasteiger partial charge is 0.0670 e. The average molecular weight is 190 g/mol. The summed E-state index contributed by atoms with van der Waals surface area (Å²) in [6.45, 7) is 8.46. The maximum absolute atomic E-state index is 5.66. The lowest BCUT2D eigenvalue weighted by atomic mass is 9.98. The molecule has 0 aliphatic carbocycles. The molecule has 0 unspecified atom stereocenters. The quantitative estimate of drug-likeness (QED) is 0.648. The van der Waals surface area contributed by atoms with Crippen molar-refractivity contribution in [3.8, 4) is 0 Å². The first-order chi connectivity index (χ1) is 6.64. The topological polar surface area (TPSA) is 9.23 Å². The lowest BCUT2D eigenvalue weighted by Gasteiger charge is -2.24. The van der Waals surface area contributed by atoms with Crippen molar-refractivity contribution in [3.05, 3.63) is 48.6 Å². The summed E-state index contributed by atoms with van der Waals surface area (Å²) < 4.78 is 5.66. The summed E-state index contributed by atoms with van der Waals surface area (Å²) in [6.07, 6.45) is 2.72. The molecule has 0 saturated heterocycles. The van der Waals surface area contributed by atoms with E-state index in [2.05, 4.69) is 44.7 Å². The number of hydrogen-bond acceptors (Lipinski definition) is 1. The second-order valence-corrected chi connectivity index (χ2v) is 4.02. The van der Waals surface area contributed by atoms with Crippen LogP contribution in [0.3, 0.4) is 0 Å². The van der Waals surface area contributed by atoms with Crippen LogP contribution in [-0.4, -0.2) is 12.2 Å². The van der Waals surface area contributed by atoms with E-state index in [-0.39, 0.29) is 5.60 Å². The van der Waals surface area contributed by atoms with Crippen LogP contribution in [0.5, 0.6) is 0 Å². The Morgan fingerprint density at radius 1 is 1.29 bits per heavy atom. The fourth-order valence-corrected chi connectivity index (χ4v) is 1.42. The van der Waals surface area contributed by atoms with Crippen molar-refractivity contribution in [2.75, 3.05) is 6.61 Å². The van der Waals surface area contributed by atoms with Gasteiger partial charge in [-0.3, -0.25) is 0 Å². The number of benzene rings is 1. The third kappa shape index (κ3) is 3.75. The van der Waals surface area contributed by atoms with Gasteiger partial charge in [-0.15, -0.1) is 6.58 Å². The molecule has 0 N–H and O–H groups in total. The van der Waals surface area contributed by atoms with E-state index in [9.17, 15) is 0 Å². The van der Waals surface area contributed by atoms with Gasteiger partial charge in [0.2, 0.25) is 0 Å². The fourth-order valence-electron chi connectivity index (χ4n) is 1.42. The average Bonchev–Trinajstić information content (AvgIpc) is 2.16. The molecule has 14 heavy (non-hydrogen) atoms. The SMILES string of the molecule is C=CCOC(C)(C)Cc1ccccc1. The third-order valence-corrected chi connectivity index (χ3v) is 2.06. The molecular weight excluding hydrogens is 172 g/mol. The van der Waals surface area contributed by atoms with Gasteiger partial charge >= 0.3 is 0 Å². The molecule has 1 aromatic rings. The predicted octanol–water partition coefficient (Wildman–Crippen LogP) is 3.21. The van der Waals surface area contributed by atoms with E-state index in [1.165, 1.54) is 5.56 Å². The Balaban J connectivity index is 2.54. The van der Waals surface area contributed by atoms with Gasteiger partial charge in [0.15, 0.2) is 0 Å². The molecule has 0 aliphatic rings. The van der Waals surface area contributed by atoms with Crippen LogP contribution >= 0.6 is 0 Å². The molecule has 0 fully saturated rings. The minimum absolute atomic E-state index is 0.116. The molecule has 0 radical (unpaired) electrons. The summed E-state index contributed by atoms with van der Waals surface area (Å²) in [4.78, 5) is 0. The largest absolute Gasteiger partial charge is 0.371 e. The number of ether oxygens (including phenoxy) is 1. The van der Waals surface area contributed by atoms with Crippen molar-refractivity contribution < 1.29 is 4.74 Å². The van der Waals surface area contributed by atoms with E-state index >= 15 is 0 Å². The van der Waals surface area contributed by atoms with Crippen molar-refractivity contribution in [3.63, 3.8) is 0 Å². The molecule has 1 aromatic carbocycles. The highest BCUT2D eigenvalue weighted by Gasteiger charge is 2.17. The zero-order chi connectivity index (χ0) is 10.4. The van der Waals surface area contributed by atoms with Crippen LogP contribution in [0.4, 0.5) is 0 Å². The standard InChI is InChI=1S/C13H18O/c1-4-10-14-13(2,3)11-12-8-6-5-7-9-12/h4-9H,1,10-11H2,2-3H3. The van der Waals surface area contributed by atoms with Crippen molar-refractivity contribution in [1.82, 2.24) is 0 Å². The zero-order valence-corrected chi connectivity index (χ0v) is 8.99. The number of hydrogen-bond donors (Lipinski definition) is 0. The van der Waals surface area contributed by atoms with Crippen LogP contribution in [0.25, 0.3) is 0 Å². The Kier molecular flexibility index (Phi) is 3.90. The lowest BCUT2D eigenvalue weighted by Crippen LogP contribution is -2.27. The molecule has 0 aromatic heterocycles. The summed E-state index contributed by atoms with van der Waals surface area (Å²) in [5.41, 5.74) is 1.19.